The fourth-order valence-corrected chi connectivity index (χ4v) is 0.754. The molecule has 0 unspecified atom stereocenters. The van der Waals surface area contributed by atoms with Crippen LogP contribution in [0.1, 0.15) is 13.8 Å². The average Bonchev–Trinajstić information content (AvgIpc) is 1.82. The summed E-state index contributed by atoms with van der Waals surface area (Å²) in [4.78, 5) is 37.6. The van der Waals surface area contributed by atoms with Crippen LogP contribution in [0.3, 0.4) is 0 Å². The molecule has 0 aromatic heterocycles. The second-order valence-corrected chi connectivity index (χ2v) is 3.96. The molecule has 0 saturated carbocycles. The highest BCUT2D eigenvalue weighted by atomic mass is 31.2. The smallest absolute Gasteiger partial charge is 0.480 e. The molecule has 0 aromatic carbocycles. The molecule has 0 amide bonds. The highest BCUT2D eigenvalue weighted by Crippen LogP contribution is 2.38. The molecular formula is C5H9O7P. The maximum Gasteiger partial charge on any atom is 0.527 e. The van der Waals surface area contributed by atoms with Gasteiger partial charge in [-0.25, -0.2) is 4.57 Å². The van der Waals surface area contributed by atoms with Gasteiger partial charge in [-0.3, -0.25) is 19.4 Å². The molecule has 0 aromatic rings. The van der Waals surface area contributed by atoms with Gasteiger partial charge in [0.25, 0.3) is 0 Å². The molecule has 0 fully saturated rings. The minimum Gasteiger partial charge on any atom is -0.480 e. The van der Waals surface area contributed by atoms with Crippen LogP contribution in [0.2, 0.25) is 0 Å². The molecule has 0 saturated heterocycles. The molecule has 0 heterocycles. The van der Waals surface area contributed by atoms with Gasteiger partial charge in [0.05, 0.1) is 0 Å². The second kappa shape index (κ2) is 3.45. The SMILES string of the molecule is CC(C)(C(=O)O)C(=O)OP(=O)(O)O. The van der Waals surface area contributed by atoms with Crippen molar-refractivity contribution < 1.29 is 33.6 Å². The van der Waals surface area contributed by atoms with Crippen molar-refractivity contribution in [2.45, 2.75) is 13.8 Å². The highest BCUT2D eigenvalue weighted by Gasteiger charge is 2.41. The summed E-state index contributed by atoms with van der Waals surface area (Å²) in [5.41, 5.74) is -1.97. The molecule has 0 atom stereocenters. The van der Waals surface area contributed by atoms with Crippen LogP contribution < -0.4 is 0 Å². The van der Waals surface area contributed by atoms with Gasteiger partial charge in [-0.15, -0.1) is 0 Å². The van der Waals surface area contributed by atoms with E-state index in [1.807, 2.05) is 0 Å². The molecule has 0 aliphatic rings. The third-order valence-electron chi connectivity index (χ3n) is 1.25. The van der Waals surface area contributed by atoms with E-state index in [-0.39, 0.29) is 0 Å². The zero-order valence-corrected chi connectivity index (χ0v) is 7.82. The Hall–Kier alpha value is -0.910. The zero-order chi connectivity index (χ0) is 10.9. The molecule has 0 aliphatic carbocycles. The third kappa shape index (κ3) is 3.54. The van der Waals surface area contributed by atoms with Crippen molar-refractivity contribution in [3.05, 3.63) is 0 Å². The fourth-order valence-electron chi connectivity index (χ4n) is 0.309. The van der Waals surface area contributed by atoms with Crippen LogP contribution in [-0.2, 0) is 18.7 Å². The molecule has 0 bridgehead atoms. The lowest BCUT2D eigenvalue weighted by molar-refractivity contribution is -0.160. The maximum atomic E-state index is 10.8. The van der Waals surface area contributed by atoms with E-state index in [9.17, 15) is 14.2 Å². The van der Waals surface area contributed by atoms with Crippen LogP contribution in [0.15, 0.2) is 0 Å². The minimum atomic E-state index is -4.97. The summed E-state index contributed by atoms with van der Waals surface area (Å²) in [6.45, 7) is 1.96. The van der Waals surface area contributed by atoms with Gasteiger partial charge in [0.1, 0.15) is 0 Å². The largest absolute Gasteiger partial charge is 0.527 e. The van der Waals surface area contributed by atoms with Crippen molar-refractivity contribution in [1.29, 1.82) is 0 Å². The van der Waals surface area contributed by atoms with E-state index in [4.69, 9.17) is 14.9 Å². The molecule has 0 rings (SSSR count). The topological polar surface area (TPSA) is 121 Å². The van der Waals surface area contributed by atoms with E-state index in [0.717, 1.165) is 13.8 Å². The second-order valence-electron chi connectivity index (χ2n) is 2.80. The maximum absolute atomic E-state index is 10.8. The Bertz CT molecular complexity index is 275. The number of hydrogen-bond donors (Lipinski definition) is 3. The number of hydrogen-bond acceptors (Lipinski definition) is 4. The Morgan fingerprint density at radius 2 is 1.69 bits per heavy atom. The summed E-state index contributed by atoms with van der Waals surface area (Å²) in [5.74, 6) is -3.00. The predicted octanol–water partition coefficient (Wildman–Crippen LogP) is -0.267. The number of phosphoric ester groups is 1. The van der Waals surface area contributed by atoms with Crippen molar-refractivity contribution in [3.8, 4) is 0 Å². The Kier molecular flexibility index (Phi) is 3.21. The van der Waals surface area contributed by atoms with E-state index in [1.165, 1.54) is 0 Å². The van der Waals surface area contributed by atoms with Crippen LogP contribution in [-0.4, -0.2) is 26.8 Å². The van der Waals surface area contributed by atoms with Gasteiger partial charge in [-0.05, 0) is 13.8 Å². The Morgan fingerprint density at radius 3 is 1.92 bits per heavy atom. The molecule has 13 heavy (non-hydrogen) atoms. The Balaban J connectivity index is 4.63. The van der Waals surface area contributed by atoms with Crippen LogP contribution in [0, 0.1) is 5.41 Å². The Morgan fingerprint density at radius 1 is 1.31 bits per heavy atom. The standard InChI is InChI=1S/C5H9O7P/c1-5(2,3(6)7)4(8)12-13(9,10)11/h1-2H3,(H,6,7)(H2,9,10,11). The summed E-state index contributed by atoms with van der Waals surface area (Å²) in [6, 6.07) is 0. The number of carbonyl (C=O) groups is 2. The first-order chi connectivity index (χ1) is 5.57. The van der Waals surface area contributed by atoms with Crippen molar-refractivity contribution >= 4 is 19.8 Å². The minimum absolute atomic E-state index is 0.979. The van der Waals surface area contributed by atoms with Gasteiger partial charge >= 0.3 is 19.8 Å². The molecular weight excluding hydrogens is 203 g/mol. The first kappa shape index (κ1) is 12.1. The molecule has 76 valence electrons. The molecule has 0 radical (unpaired) electrons. The first-order valence-corrected chi connectivity index (χ1v) is 4.63. The number of phosphoric acid groups is 1. The van der Waals surface area contributed by atoms with E-state index in [1.54, 1.807) is 0 Å². The van der Waals surface area contributed by atoms with E-state index >= 15 is 0 Å². The quantitative estimate of drug-likeness (QED) is 0.434. The highest BCUT2D eigenvalue weighted by molar-refractivity contribution is 7.46. The number of carboxylic acids is 1. The van der Waals surface area contributed by atoms with Gasteiger partial charge in [0, 0.05) is 0 Å². The summed E-state index contributed by atoms with van der Waals surface area (Å²) in [7, 11) is -4.97. The summed E-state index contributed by atoms with van der Waals surface area (Å²) in [5, 5.41) is 8.45. The number of aliphatic carboxylic acids is 1. The van der Waals surface area contributed by atoms with Crippen LogP contribution in [0.5, 0.6) is 0 Å². The molecule has 3 N–H and O–H groups in total. The number of carbonyl (C=O) groups excluding carboxylic acids is 1. The van der Waals surface area contributed by atoms with Gasteiger partial charge in [-0.1, -0.05) is 0 Å². The summed E-state index contributed by atoms with van der Waals surface area (Å²) in [6.07, 6.45) is 0. The normalized spacial score (nSPS) is 12.3. The summed E-state index contributed by atoms with van der Waals surface area (Å²) < 4.78 is 13.8. The van der Waals surface area contributed by atoms with Gasteiger partial charge < -0.3 is 9.63 Å². The summed E-state index contributed by atoms with van der Waals surface area (Å²) >= 11 is 0. The van der Waals surface area contributed by atoms with Crippen LogP contribution >= 0.6 is 7.82 Å². The van der Waals surface area contributed by atoms with Gasteiger partial charge in [0.2, 0.25) is 0 Å². The van der Waals surface area contributed by atoms with Crippen molar-refractivity contribution in [1.82, 2.24) is 0 Å². The van der Waals surface area contributed by atoms with Crippen LogP contribution in [0.25, 0.3) is 0 Å². The number of carboxylic acid groups (broad SMARTS) is 1. The molecule has 0 spiro atoms. The van der Waals surface area contributed by atoms with Crippen molar-refractivity contribution in [3.63, 3.8) is 0 Å². The molecule has 7 nitrogen and oxygen atoms in total. The van der Waals surface area contributed by atoms with Gasteiger partial charge in [-0.2, -0.15) is 0 Å². The predicted molar refractivity (Wildman–Crippen MR) is 39.6 cm³/mol. The molecule has 8 heteroatoms. The fraction of sp³-hybridized carbons (Fsp3) is 0.600. The lowest BCUT2D eigenvalue weighted by Gasteiger charge is -2.16. The average molecular weight is 212 g/mol. The van der Waals surface area contributed by atoms with Crippen molar-refractivity contribution in [2.24, 2.45) is 5.41 Å². The van der Waals surface area contributed by atoms with Crippen LogP contribution in [0.4, 0.5) is 0 Å². The zero-order valence-electron chi connectivity index (χ0n) is 6.92. The van der Waals surface area contributed by atoms with E-state index < -0.39 is 25.2 Å². The van der Waals surface area contributed by atoms with Gasteiger partial charge in [0.15, 0.2) is 5.41 Å². The molecule has 0 aliphatic heterocycles. The third-order valence-corrected chi connectivity index (χ3v) is 1.65. The lowest BCUT2D eigenvalue weighted by atomic mass is 9.95. The Labute approximate surface area is 73.6 Å². The van der Waals surface area contributed by atoms with E-state index in [2.05, 4.69) is 4.52 Å². The number of rotatable bonds is 3. The lowest BCUT2D eigenvalue weighted by Crippen LogP contribution is -2.34. The van der Waals surface area contributed by atoms with E-state index in [0.29, 0.717) is 0 Å². The first-order valence-electron chi connectivity index (χ1n) is 3.10. The van der Waals surface area contributed by atoms with Crippen molar-refractivity contribution in [2.75, 3.05) is 0 Å². The monoisotopic (exact) mass is 212 g/mol.